The molecule has 0 atom stereocenters. The number of rotatable bonds is 10. The van der Waals surface area contributed by atoms with Gasteiger partial charge in [-0.15, -0.1) is 0 Å². The fraction of sp³-hybridized carbons (Fsp3) is 0.591. The van der Waals surface area contributed by atoms with Crippen molar-refractivity contribution in [1.29, 1.82) is 0 Å². The SMILES string of the molecule is CCC(C)(C)C(=O)OCCOC(=O)C1CCN(C(=O)OCc2c([N+](=O)[O-])cccc2[N+](=O)[O-])CC1. The summed E-state index contributed by atoms with van der Waals surface area (Å²) in [5.41, 5.74) is -1.95. The molecular weight excluding hydrogens is 466 g/mol. The minimum Gasteiger partial charge on any atom is -0.462 e. The third-order valence-electron chi connectivity index (χ3n) is 5.94. The number of carbonyl (C=O) groups is 3. The lowest BCUT2D eigenvalue weighted by Gasteiger charge is -2.30. The Morgan fingerprint density at radius 1 is 1.00 bits per heavy atom. The van der Waals surface area contributed by atoms with Crippen LogP contribution in [0, 0.1) is 31.6 Å². The summed E-state index contributed by atoms with van der Waals surface area (Å²) < 4.78 is 15.4. The van der Waals surface area contributed by atoms with Gasteiger partial charge in [-0.1, -0.05) is 6.92 Å². The van der Waals surface area contributed by atoms with E-state index in [1.54, 1.807) is 13.8 Å². The zero-order valence-electron chi connectivity index (χ0n) is 19.9. The van der Waals surface area contributed by atoms with E-state index in [1.165, 1.54) is 11.0 Å². The highest BCUT2D eigenvalue weighted by molar-refractivity contribution is 5.76. The summed E-state index contributed by atoms with van der Waals surface area (Å²) in [4.78, 5) is 58.7. The highest BCUT2D eigenvalue weighted by atomic mass is 16.6. The van der Waals surface area contributed by atoms with Crippen LogP contribution in [0.5, 0.6) is 0 Å². The molecule has 1 aliphatic rings. The number of amides is 1. The van der Waals surface area contributed by atoms with E-state index in [0.717, 1.165) is 12.1 Å². The number of nitrogens with zero attached hydrogens (tertiary/aromatic N) is 3. The highest BCUT2D eigenvalue weighted by Crippen LogP contribution is 2.29. The first-order valence-corrected chi connectivity index (χ1v) is 11.1. The van der Waals surface area contributed by atoms with Crippen LogP contribution in [0.25, 0.3) is 0 Å². The number of ether oxygens (including phenoxy) is 3. The molecule has 13 heteroatoms. The van der Waals surface area contributed by atoms with Crippen molar-refractivity contribution in [2.75, 3.05) is 26.3 Å². The van der Waals surface area contributed by atoms with E-state index in [9.17, 15) is 34.6 Å². The normalized spacial score (nSPS) is 14.2. The molecular formula is C22H29N3O10. The van der Waals surface area contributed by atoms with Gasteiger partial charge in [0.2, 0.25) is 0 Å². The second kappa shape index (κ2) is 12.1. The highest BCUT2D eigenvalue weighted by Gasteiger charge is 2.31. The number of nitro groups is 2. The lowest BCUT2D eigenvalue weighted by atomic mass is 9.91. The molecule has 0 spiro atoms. The lowest BCUT2D eigenvalue weighted by Crippen LogP contribution is -2.41. The zero-order chi connectivity index (χ0) is 26.2. The van der Waals surface area contributed by atoms with Crippen LogP contribution in [-0.4, -0.2) is 59.1 Å². The Morgan fingerprint density at radius 3 is 2.06 bits per heavy atom. The van der Waals surface area contributed by atoms with Crippen LogP contribution >= 0.6 is 0 Å². The molecule has 0 bridgehead atoms. The number of esters is 2. The Balaban J connectivity index is 1.80. The summed E-state index contributed by atoms with van der Waals surface area (Å²) in [6, 6.07) is 3.37. The minimum absolute atomic E-state index is 0.0447. The third kappa shape index (κ3) is 7.36. The van der Waals surface area contributed by atoms with E-state index >= 15 is 0 Å². The monoisotopic (exact) mass is 495 g/mol. The average Bonchev–Trinajstić information content (AvgIpc) is 2.84. The van der Waals surface area contributed by atoms with E-state index in [1.807, 2.05) is 6.92 Å². The van der Waals surface area contributed by atoms with Gasteiger partial charge in [-0.3, -0.25) is 29.8 Å². The maximum atomic E-state index is 12.4. The number of benzene rings is 1. The van der Waals surface area contributed by atoms with Gasteiger partial charge in [0.25, 0.3) is 11.4 Å². The molecule has 35 heavy (non-hydrogen) atoms. The molecule has 1 aliphatic heterocycles. The molecule has 1 aromatic rings. The van der Waals surface area contributed by atoms with Crippen LogP contribution in [0.1, 0.15) is 45.6 Å². The molecule has 2 rings (SSSR count). The fourth-order valence-corrected chi connectivity index (χ4v) is 3.31. The summed E-state index contributed by atoms with van der Waals surface area (Å²) in [5, 5.41) is 22.4. The standard InChI is InChI=1S/C22H29N3O10/c1-4-22(2,3)20(27)34-13-12-33-19(26)15-8-10-23(11-9-15)21(28)35-14-16-17(24(29)30)6-5-7-18(16)25(31)32/h5-7,15H,4,8-14H2,1-3H3. The predicted octanol–water partition coefficient (Wildman–Crippen LogP) is 3.37. The Kier molecular flexibility index (Phi) is 9.49. The van der Waals surface area contributed by atoms with E-state index in [2.05, 4.69) is 0 Å². The number of carbonyl (C=O) groups excluding carboxylic acids is 3. The number of likely N-dealkylation sites (tertiary alicyclic amines) is 1. The van der Waals surface area contributed by atoms with Crippen molar-refractivity contribution in [2.45, 2.75) is 46.6 Å². The van der Waals surface area contributed by atoms with Crippen molar-refractivity contribution in [2.24, 2.45) is 11.3 Å². The summed E-state index contributed by atoms with van der Waals surface area (Å²) >= 11 is 0. The Morgan fingerprint density at radius 2 is 1.54 bits per heavy atom. The van der Waals surface area contributed by atoms with Gasteiger partial charge < -0.3 is 19.1 Å². The first kappa shape index (κ1) is 27.5. The molecule has 0 aromatic heterocycles. The number of hydrogen-bond acceptors (Lipinski definition) is 10. The maximum absolute atomic E-state index is 12.4. The van der Waals surface area contributed by atoms with Gasteiger partial charge in [-0.2, -0.15) is 0 Å². The molecule has 1 aromatic carbocycles. The number of nitro benzene ring substituents is 2. The minimum atomic E-state index is -0.797. The third-order valence-corrected chi connectivity index (χ3v) is 5.94. The fourth-order valence-electron chi connectivity index (χ4n) is 3.31. The smallest absolute Gasteiger partial charge is 0.410 e. The van der Waals surface area contributed by atoms with Crippen LogP contribution in [0.3, 0.4) is 0 Å². The lowest BCUT2D eigenvalue weighted by molar-refractivity contribution is -0.396. The molecule has 1 saturated heterocycles. The van der Waals surface area contributed by atoms with Gasteiger partial charge >= 0.3 is 18.0 Å². The van der Waals surface area contributed by atoms with Gasteiger partial charge in [-0.05, 0) is 39.2 Å². The van der Waals surface area contributed by atoms with Gasteiger partial charge in [0.15, 0.2) is 0 Å². The van der Waals surface area contributed by atoms with Crippen LogP contribution in [0.4, 0.5) is 16.2 Å². The number of piperidine rings is 1. The Hall–Kier alpha value is -3.77. The van der Waals surface area contributed by atoms with Crippen LogP contribution in [0.15, 0.2) is 18.2 Å². The van der Waals surface area contributed by atoms with Gasteiger partial charge in [0, 0.05) is 25.2 Å². The first-order chi connectivity index (χ1) is 16.5. The summed E-state index contributed by atoms with van der Waals surface area (Å²) in [5.74, 6) is -1.27. The van der Waals surface area contributed by atoms with Crippen LogP contribution in [0.2, 0.25) is 0 Å². The zero-order valence-corrected chi connectivity index (χ0v) is 19.9. The summed E-state index contributed by atoms with van der Waals surface area (Å²) in [6.07, 6.45) is 0.436. The van der Waals surface area contributed by atoms with Crippen LogP contribution < -0.4 is 0 Å². The van der Waals surface area contributed by atoms with Crippen molar-refractivity contribution < 1.29 is 38.4 Å². The average molecular weight is 495 g/mol. The van der Waals surface area contributed by atoms with Crippen LogP contribution in [-0.2, 0) is 30.4 Å². The summed E-state index contributed by atoms with van der Waals surface area (Å²) in [6.45, 7) is 5.01. The van der Waals surface area contributed by atoms with E-state index in [0.29, 0.717) is 19.3 Å². The Bertz CT molecular complexity index is 938. The second-order valence-electron chi connectivity index (χ2n) is 8.65. The quantitative estimate of drug-likeness (QED) is 0.154. The maximum Gasteiger partial charge on any atom is 0.410 e. The van der Waals surface area contributed by atoms with Crippen molar-refractivity contribution in [1.82, 2.24) is 4.90 Å². The summed E-state index contributed by atoms with van der Waals surface area (Å²) in [7, 11) is 0. The molecule has 1 heterocycles. The Labute approximate surface area is 201 Å². The molecule has 1 fully saturated rings. The molecule has 0 unspecified atom stereocenters. The topological polar surface area (TPSA) is 168 Å². The molecule has 0 radical (unpaired) electrons. The first-order valence-electron chi connectivity index (χ1n) is 11.1. The van der Waals surface area contributed by atoms with Crippen molar-refractivity contribution in [3.05, 3.63) is 44.0 Å². The predicted molar refractivity (Wildman–Crippen MR) is 120 cm³/mol. The molecule has 192 valence electrons. The molecule has 1 amide bonds. The van der Waals surface area contributed by atoms with Gasteiger partial charge in [0.1, 0.15) is 25.4 Å². The van der Waals surface area contributed by atoms with Gasteiger partial charge in [-0.25, -0.2) is 4.79 Å². The van der Waals surface area contributed by atoms with E-state index < -0.39 is 51.2 Å². The molecule has 0 saturated carbocycles. The van der Waals surface area contributed by atoms with E-state index in [-0.39, 0.29) is 37.8 Å². The second-order valence-corrected chi connectivity index (χ2v) is 8.65. The van der Waals surface area contributed by atoms with Crippen molar-refractivity contribution in [3.8, 4) is 0 Å². The van der Waals surface area contributed by atoms with E-state index in [4.69, 9.17) is 14.2 Å². The number of hydrogen-bond donors (Lipinski definition) is 0. The molecule has 13 nitrogen and oxygen atoms in total. The largest absolute Gasteiger partial charge is 0.462 e. The van der Waals surface area contributed by atoms with Gasteiger partial charge in [0.05, 0.1) is 21.2 Å². The van der Waals surface area contributed by atoms with Crippen molar-refractivity contribution in [3.63, 3.8) is 0 Å². The molecule has 0 aliphatic carbocycles. The van der Waals surface area contributed by atoms with Crippen molar-refractivity contribution >= 4 is 29.4 Å². The molecule has 0 N–H and O–H groups in total.